The van der Waals surface area contributed by atoms with Crippen LogP contribution in [0.4, 0.5) is 13.2 Å². The van der Waals surface area contributed by atoms with E-state index in [-0.39, 0.29) is 19.4 Å². The number of hydrogen-bond donors (Lipinski definition) is 0. The number of carbonyl (C=O) groups excluding carboxylic acids is 1. The Bertz CT molecular complexity index is 379. The molecule has 1 aliphatic rings. The Morgan fingerprint density at radius 3 is 2.42 bits per heavy atom. The van der Waals surface area contributed by atoms with Crippen molar-refractivity contribution in [3.05, 3.63) is 37.0 Å². The molecule has 0 aromatic heterocycles. The number of hydrogen-bond acceptors (Lipinski definition) is 3. The standard InChI is InChI=1S/C13H15F3O3/c1-3-5-9(4-2)8-18-12(17)10-6-11(7-10)19-13(14,15)16/h3-5,10-11H,1-2,6-8H2/b9-5+. The van der Waals surface area contributed by atoms with Gasteiger partial charge in [0.1, 0.15) is 6.61 Å². The molecule has 1 rings (SSSR count). The molecule has 0 N–H and O–H groups in total. The van der Waals surface area contributed by atoms with Crippen molar-refractivity contribution in [1.29, 1.82) is 0 Å². The second kappa shape index (κ2) is 6.56. The van der Waals surface area contributed by atoms with Crippen LogP contribution < -0.4 is 0 Å². The molecule has 0 spiro atoms. The highest BCUT2D eigenvalue weighted by Crippen LogP contribution is 2.35. The van der Waals surface area contributed by atoms with Crippen molar-refractivity contribution in [2.24, 2.45) is 5.92 Å². The van der Waals surface area contributed by atoms with Gasteiger partial charge in [-0.05, 0) is 18.4 Å². The first kappa shape index (κ1) is 15.5. The summed E-state index contributed by atoms with van der Waals surface area (Å²) in [5, 5.41) is 0. The van der Waals surface area contributed by atoms with Crippen molar-refractivity contribution in [3.63, 3.8) is 0 Å². The lowest BCUT2D eigenvalue weighted by Crippen LogP contribution is -2.40. The fraction of sp³-hybridized carbons (Fsp3) is 0.462. The third kappa shape index (κ3) is 5.30. The Balaban J connectivity index is 2.29. The maximum atomic E-state index is 11.9. The van der Waals surface area contributed by atoms with Gasteiger partial charge in [0, 0.05) is 0 Å². The maximum Gasteiger partial charge on any atom is 0.522 e. The Kier molecular flexibility index (Phi) is 5.35. The number of rotatable bonds is 6. The minimum atomic E-state index is -4.65. The van der Waals surface area contributed by atoms with E-state index in [2.05, 4.69) is 17.9 Å². The zero-order valence-corrected chi connectivity index (χ0v) is 10.3. The van der Waals surface area contributed by atoms with Crippen LogP contribution in [0.5, 0.6) is 0 Å². The van der Waals surface area contributed by atoms with Crippen molar-refractivity contribution in [3.8, 4) is 0 Å². The number of halogens is 3. The lowest BCUT2D eigenvalue weighted by atomic mass is 9.82. The van der Waals surface area contributed by atoms with Crippen molar-refractivity contribution in [1.82, 2.24) is 0 Å². The Labute approximate surface area is 109 Å². The quantitative estimate of drug-likeness (QED) is 0.552. The van der Waals surface area contributed by atoms with E-state index >= 15 is 0 Å². The summed E-state index contributed by atoms with van der Waals surface area (Å²) < 4.78 is 44.4. The number of ether oxygens (including phenoxy) is 2. The summed E-state index contributed by atoms with van der Waals surface area (Å²) in [5.74, 6) is -1.04. The van der Waals surface area contributed by atoms with Crippen LogP contribution in [0.25, 0.3) is 0 Å². The highest BCUT2D eigenvalue weighted by molar-refractivity contribution is 5.73. The first-order valence-corrected chi connectivity index (χ1v) is 5.71. The third-order valence-corrected chi connectivity index (χ3v) is 2.70. The Morgan fingerprint density at radius 1 is 1.32 bits per heavy atom. The molecule has 0 aromatic carbocycles. The molecule has 0 heterocycles. The molecule has 1 aliphatic carbocycles. The molecule has 6 heteroatoms. The smallest absolute Gasteiger partial charge is 0.461 e. The molecule has 0 bridgehead atoms. The van der Waals surface area contributed by atoms with Crippen LogP contribution in [0.15, 0.2) is 37.0 Å². The summed E-state index contributed by atoms with van der Waals surface area (Å²) >= 11 is 0. The highest BCUT2D eigenvalue weighted by Gasteiger charge is 2.43. The molecule has 0 aromatic rings. The average Bonchev–Trinajstić information content (AvgIpc) is 2.27. The summed E-state index contributed by atoms with van der Waals surface area (Å²) in [6, 6.07) is 0. The molecule has 0 radical (unpaired) electrons. The summed E-state index contributed by atoms with van der Waals surface area (Å²) in [6.45, 7) is 7.07. The molecule has 1 fully saturated rings. The van der Waals surface area contributed by atoms with Crippen molar-refractivity contribution in [2.45, 2.75) is 25.3 Å². The molecule has 0 aliphatic heterocycles. The molecule has 1 saturated carbocycles. The molecule has 0 amide bonds. The van der Waals surface area contributed by atoms with E-state index in [9.17, 15) is 18.0 Å². The van der Waals surface area contributed by atoms with Crippen molar-refractivity contribution < 1.29 is 27.4 Å². The van der Waals surface area contributed by atoms with Crippen LogP contribution in [-0.4, -0.2) is 25.0 Å². The van der Waals surface area contributed by atoms with E-state index < -0.39 is 24.4 Å². The van der Waals surface area contributed by atoms with Crippen LogP contribution in [-0.2, 0) is 14.3 Å². The van der Waals surface area contributed by atoms with Gasteiger partial charge in [-0.3, -0.25) is 9.53 Å². The van der Waals surface area contributed by atoms with Gasteiger partial charge >= 0.3 is 12.3 Å². The first-order chi connectivity index (χ1) is 8.85. The predicted molar refractivity (Wildman–Crippen MR) is 63.1 cm³/mol. The molecule has 0 saturated heterocycles. The molecule has 0 atom stereocenters. The monoisotopic (exact) mass is 276 g/mol. The third-order valence-electron chi connectivity index (χ3n) is 2.70. The van der Waals surface area contributed by atoms with E-state index in [4.69, 9.17) is 4.74 Å². The number of alkyl halides is 3. The topological polar surface area (TPSA) is 35.5 Å². The maximum absolute atomic E-state index is 11.9. The summed E-state index contributed by atoms with van der Waals surface area (Å²) in [7, 11) is 0. The first-order valence-electron chi connectivity index (χ1n) is 5.71. The van der Waals surface area contributed by atoms with Gasteiger partial charge in [-0.2, -0.15) is 0 Å². The van der Waals surface area contributed by atoms with Crippen LogP contribution >= 0.6 is 0 Å². The van der Waals surface area contributed by atoms with Gasteiger partial charge in [-0.1, -0.05) is 31.4 Å². The normalized spacial score (nSPS) is 23.4. The molecule has 0 unspecified atom stereocenters. The van der Waals surface area contributed by atoms with E-state index in [0.717, 1.165) is 0 Å². The lowest BCUT2D eigenvalue weighted by Gasteiger charge is -2.33. The average molecular weight is 276 g/mol. The minimum absolute atomic E-state index is 0.0347. The van der Waals surface area contributed by atoms with E-state index in [1.807, 2.05) is 0 Å². The Morgan fingerprint density at radius 2 is 1.95 bits per heavy atom. The zero-order valence-electron chi connectivity index (χ0n) is 10.3. The van der Waals surface area contributed by atoms with Gasteiger partial charge in [-0.15, -0.1) is 13.2 Å². The molecular weight excluding hydrogens is 261 g/mol. The van der Waals surface area contributed by atoms with Gasteiger partial charge in [0.15, 0.2) is 0 Å². The fourth-order valence-electron chi connectivity index (χ4n) is 1.64. The SMILES string of the molecule is C=C/C=C(\C=C)COC(=O)C1CC(OC(F)(F)F)C1. The van der Waals surface area contributed by atoms with Crippen LogP contribution in [0.3, 0.4) is 0 Å². The van der Waals surface area contributed by atoms with E-state index in [0.29, 0.717) is 5.57 Å². The molecule has 19 heavy (non-hydrogen) atoms. The molecule has 106 valence electrons. The second-order valence-electron chi connectivity index (χ2n) is 4.14. The van der Waals surface area contributed by atoms with Gasteiger partial charge < -0.3 is 4.74 Å². The van der Waals surface area contributed by atoms with Crippen LogP contribution in [0, 0.1) is 5.92 Å². The highest BCUT2D eigenvalue weighted by atomic mass is 19.4. The summed E-state index contributed by atoms with van der Waals surface area (Å²) in [4.78, 5) is 11.5. The van der Waals surface area contributed by atoms with Crippen LogP contribution in [0.1, 0.15) is 12.8 Å². The number of esters is 1. The van der Waals surface area contributed by atoms with Gasteiger partial charge in [-0.25, -0.2) is 0 Å². The van der Waals surface area contributed by atoms with Crippen LogP contribution in [0.2, 0.25) is 0 Å². The largest absolute Gasteiger partial charge is 0.522 e. The minimum Gasteiger partial charge on any atom is -0.461 e. The summed E-state index contributed by atoms with van der Waals surface area (Å²) in [5.41, 5.74) is 0.672. The zero-order chi connectivity index (χ0) is 14.5. The lowest BCUT2D eigenvalue weighted by molar-refractivity contribution is -0.353. The molecular formula is C13H15F3O3. The van der Waals surface area contributed by atoms with Crippen molar-refractivity contribution >= 4 is 5.97 Å². The number of carbonyl (C=O) groups is 1. The molecule has 3 nitrogen and oxygen atoms in total. The van der Waals surface area contributed by atoms with Crippen molar-refractivity contribution in [2.75, 3.05) is 6.61 Å². The van der Waals surface area contributed by atoms with E-state index in [1.165, 1.54) is 12.2 Å². The number of allylic oxidation sites excluding steroid dienone is 2. The van der Waals surface area contributed by atoms with Gasteiger partial charge in [0.25, 0.3) is 0 Å². The second-order valence-corrected chi connectivity index (χ2v) is 4.14. The fourth-order valence-corrected chi connectivity index (χ4v) is 1.64. The Hall–Kier alpha value is -1.56. The predicted octanol–water partition coefficient (Wildman–Crippen LogP) is 3.14. The van der Waals surface area contributed by atoms with E-state index in [1.54, 1.807) is 6.08 Å². The van der Waals surface area contributed by atoms with Gasteiger partial charge in [0.05, 0.1) is 12.0 Å². The summed E-state index contributed by atoms with van der Waals surface area (Å²) in [6.07, 6.45) is -0.842. The van der Waals surface area contributed by atoms with Gasteiger partial charge in [0.2, 0.25) is 0 Å².